The van der Waals surface area contributed by atoms with Crippen molar-refractivity contribution in [2.24, 2.45) is 4.99 Å². The van der Waals surface area contributed by atoms with E-state index in [2.05, 4.69) is 4.99 Å². The Hall–Kier alpha value is -2.83. The Kier molecular flexibility index (Phi) is 6.02. The number of aliphatic imine (C=N–C) groups is 1. The van der Waals surface area contributed by atoms with E-state index < -0.39 is 10.1 Å². The van der Waals surface area contributed by atoms with Gasteiger partial charge in [-0.05, 0) is 66.6 Å². The topological polar surface area (TPSA) is 65.0 Å². The molecule has 7 heteroatoms. The minimum Gasteiger partial charge on any atom is -0.493 e. The van der Waals surface area contributed by atoms with E-state index in [1.165, 1.54) is 37.4 Å². The van der Waals surface area contributed by atoms with Crippen molar-refractivity contribution < 1.29 is 17.3 Å². The van der Waals surface area contributed by atoms with Crippen LogP contribution in [-0.2, 0) is 10.1 Å². The highest BCUT2D eigenvalue weighted by molar-refractivity contribution is 7.87. The molecule has 3 aromatic rings. The fourth-order valence-corrected chi connectivity index (χ4v) is 3.52. The van der Waals surface area contributed by atoms with Crippen LogP contribution in [0.2, 0.25) is 5.02 Å². The zero-order chi connectivity index (χ0) is 20.1. The van der Waals surface area contributed by atoms with Crippen molar-refractivity contribution in [2.45, 2.75) is 11.8 Å². The van der Waals surface area contributed by atoms with Gasteiger partial charge in [-0.3, -0.25) is 4.99 Å². The molecule has 28 heavy (non-hydrogen) atoms. The molecule has 0 aliphatic carbocycles. The van der Waals surface area contributed by atoms with E-state index in [1.807, 2.05) is 31.2 Å². The lowest BCUT2D eigenvalue weighted by atomic mass is 10.2. The van der Waals surface area contributed by atoms with E-state index in [9.17, 15) is 8.42 Å². The molecule has 0 bridgehead atoms. The number of nitrogens with zero attached hydrogens (tertiary/aromatic N) is 1. The van der Waals surface area contributed by atoms with Crippen LogP contribution in [0.3, 0.4) is 0 Å². The first-order valence-corrected chi connectivity index (χ1v) is 10.2. The van der Waals surface area contributed by atoms with Crippen LogP contribution < -0.4 is 8.92 Å². The van der Waals surface area contributed by atoms with E-state index in [-0.39, 0.29) is 16.4 Å². The lowest BCUT2D eigenvalue weighted by Crippen LogP contribution is -2.10. The van der Waals surface area contributed by atoms with Crippen LogP contribution in [0, 0.1) is 6.92 Å². The summed E-state index contributed by atoms with van der Waals surface area (Å²) in [5.41, 5.74) is 2.66. The molecule has 0 N–H and O–H groups in total. The summed E-state index contributed by atoms with van der Waals surface area (Å²) < 4.78 is 35.5. The summed E-state index contributed by atoms with van der Waals surface area (Å²) in [5, 5.41) is 0.439. The molecule has 3 aromatic carbocycles. The minimum absolute atomic E-state index is 0.00384. The normalized spacial score (nSPS) is 11.5. The van der Waals surface area contributed by atoms with Crippen molar-refractivity contribution in [1.82, 2.24) is 0 Å². The van der Waals surface area contributed by atoms with Crippen LogP contribution in [0.25, 0.3) is 0 Å². The summed E-state index contributed by atoms with van der Waals surface area (Å²) in [6, 6.07) is 18.4. The molecule has 0 aromatic heterocycles. The number of halogens is 1. The molecule has 144 valence electrons. The molecule has 0 unspecified atom stereocenters. The molecule has 0 aliphatic heterocycles. The zero-order valence-electron chi connectivity index (χ0n) is 15.3. The van der Waals surface area contributed by atoms with Gasteiger partial charge in [-0.2, -0.15) is 8.42 Å². The molecule has 0 radical (unpaired) electrons. The first-order chi connectivity index (χ1) is 13.4. The van der Waals surface area contributed by atoms with Crippen LogP contribution in [-0.4, -0.2) is 21.7 Å². The number of hydrogen-bond acceptors (Lipinski definition) is 5. The highest BCUT2D eigenvalue weighted by Gasteiger charge is 2.19. The Morgan fingerprint density at radius 2 is 1.68 bits per heavy atom. The zero-order valence-corrected chi connectivity index (χ0v) is 16.9. The third-order valence-corrected chi connectivity index (χ3v) is 5.46. The summed E-state index contributed by atoms with van der Waals surface area (Å²) in [6.45, 7) is 1.98. The van der Waals surface area contributed by atoms with E-state index in [0.29, 0.717) is 5.02 Å². The fraction of sp³-hybridized carbons (Fsp3) is 0.0952. The van der Waals surface area contributed by atoms with Crippen molar-refractivity contribution in [3.63, 3.8) is 0 Å². The second kappa shape index (κ2) is 8.46. The van der Waals surface area contributed by atoms with Crippen molar-refractivity contribution >= 4 is 33.6 Å². The second-order valence-electron chi connectivity index (χ2n) is 5.95. The van der Waals surface area contributed by atoms with Crippen molar-refractivity contribution in [1.29, 1.82) is 0 Å². The van der Waals surface area contributed by atoms with Gasteiger partial charge in [-0.15, -0.1) is 0 Å². The first-order valence-electron chi connectivity index (χ1n) is 8.37. The van der Waals surface area contributed by atoms with Gasteiger partial charge in [0.25, 0.3) is 0 Å². The van der Waals surface area contributed by atoms with Gasteiger partial charge in [0.2, 0.25) is 0 Å². The SMILES string of the molecule is COc1cc(C=Nc2ccccc2C)ccc1OS(=O)(=O)c1ccc(Cl)cc1. The number of ether oxygens (including phenoxy) is 1. The largest absolute Gasteiger partial charge is 0.493 e. The second-order valence-corrected chi connectivity index (χ2v) is 7.93. The van der Waals surface area contributed by atoms with Gasteiger partial charge >= 0.3 is 10.1 Å². The number of rotatable bonds is 6. The van der Waals surface area contributed by atoms with Gasteiger partial charge in [0.05, 0.1) is 12.8 Å². The maximum Gasteiger partial charge on any atom is 0.339 e. The molecule has 0 amide bonds. The van der Waals surface area contributed by atoms with Crippen LogP contribution in [0.15, 0.2) is 76.6 Å². The first kappa shape index (κ1) is 19.9. The fourth-order valence-electron chi connectivity index (χ4n) is 2.45. The summed E-state index contributed by atoms with van der Waals surface area (Å²) in [5.74, 6) is 0.372. The smallest absolute Gasteiger partial charge is 0.339 e. The van der Waals surface area contributed by atoms with E-state index >= 15 is 0 Å². The van der Waals surface area contributed by atoms with E-state index in [1.54, 1.807) is 18.3 Å². The molecule has 0 heterocycles. The van der Waals surface area contributed by atoms with Crippen molar-refractivity contribution in [3.8, 4) is 11.5 Å². The number of para-hydroxylation sites is 1. The summed E-state index contributed by atoms with van der Waals surface area (Å²) in [7, 11) is -2.56. The number of hydrogen-bond donors (Lipinski definition) is 0. The predicted molar refractivity (Wildman–Crippen MR) is 111 cm³/mol. The van der Waals surface area contributed by atoms with E-state index in [4.69, 9.17) is 20.5 Å². The molecular weight excluding hydrogens is 398 g/mol. The lowest BCUT2D eigenvalue weighted by molar-refractivity contribution is 0.390. The minimum atomic E-state index is -4.01. The predicted octanol–water partition coefficient (Wildman–Crippen LogP) is 5.18. The molecule has 0 spiro atoms. The number of methoxy groups -OCH3 is 1. The van der Waals surface area contributed by atoms with Gasteiger partial charge in [-0.25, -0.2) is 0 Å². The van der Waals surface area contributed by atoms with Gasteiger partial charge in [0.15, 0.2) is 11.5 Å². The number of benzene rings is 3. The summed E-state index contributed by atoms with van der Waals surface area (Å²) in [6.07, 6.45) is 1.68. The molecule has 0 saturated carbocycles. The summed E-state index contributed by atoms with van der Waals surface area (Å²) >= 11 is 5.80. The summed E-state index contributed by atoms with van der Waals surface area (Å²) in [4.78, 5) is 4.46. The Morgan fingerprint density at radius 3 is 2.36 bits per heavy atom. The molecule has 0 atom stereocenters. The molecule has 0 fully saturated rings. The molecule has 5 nitrogen and oxygen atoms in total. The van der Waals surface area contributed by atoms with Crippen molar-refractivity contribution in [2.75, 3.05) is 7.11 Å². The Bertz CT molecular complexity index is 1110. The third kappa shape index (κ3) is 4.71. The van der Waals surface area contributed by atoms with Crippen LogP contribution in [0.5, 0.6) is 11.5 Å². The van der Waals surface area contributed by atoms with Gasteiger partial charge < -0.3 is 8.92 Å². The lowest BCUT2D eigenvalue weighted by Gasteiger charge is -2.11. The average molecular weight is 416 g/mol. The molecular formula is C21H18ClNO4S. The van der Waals surface area contributed by atoms with Crippen molar-refractivity contribution in [3.05, 3.63) is 82.9 Å². The molecule has 3 rings (SSSR count). The van der Waals surface area contributed by atoms with Crippen LogP contribution >= 0.6 is 11.6 Å². The molecule has 0 aliphatic rings. The van der Waals surface area contributed by atoms with E-state index in [0.717, 1.165) is 16.8 Å². The highest BCUT2D eigenvalue weighted by Crippen LogP contribution is 2.31. The standard InChI is InChI=1S/C21H18ClNO4S/c1-15-5-3-4-6-19(15)23-14-16-7-12-20(21(13-16)26-2)27-28(24,25)18-10-8-17(22)9-11-18/h3-14H,1-2H3. The third-order valence-electron chi connectivity index (χ3n) is 3.96. The number of aryl methyl sites for hydroxylation is 1. The average Bonchev–Trinajstić information content (AvgIpc) is 2.68. The Labute approximate surface area is 169 Å². The van der Waals surface area contributed by atoms with Crippen LogP contribution in [0.1, 0.15) is 11.1 Å². The van der Waals surface area contributed by atoms with Gasteiger partial charge in [-0.1, -0.05) is 29.8 Å². The maximum absolute atomic E-state index is 12.5. The van der Waals surface area contributed by atoms with Gasteiger partial charge in [0.1, 0.15) is 4.90 Å². The van der Waals surface area contributed by atoms with Crippen LogP contribution in [0.4, 0.5) is 5.69 Å². The Balaban J connectivity index is 1.85. The highest BCUT2D eigenvalue weighted by atomic mass is 35.5. The maximum atomic E-state index is 12.5. The molecule has 0 saturated heterocycles. The van der Waals surface area contributed by atoms with Gasteiger partial charge in [0, 0.05) is 11.2 Å². The Morgan fingerprint density at radius 1 is 0.964 bits per heavy atom. The monoisotopic (exact) mass is 415 g/mol. The quantitative estimate of drug-likeness (QED) is 0.411.